The lowest BCUT2D eigenvalue weighted by Gasteiger charge is -2.11. The van der Waals surface area contributed by atoms with Gasteiger partial charge in [0.1, 0.15) is 18.2 Å². The molecule has 0 bridgehead atoms. The fourth-order valence-electron chi connectivity index (χ4n) is 2.71. The number of hydrogen-bond donors (Lipinski definition) is 1. The number of ether oxygens (including phenoxy) is 3. The van der Waals surface area contributed by atoms with E-state index >= 15 is 0 Å². The summed E-state index contributed by atoms with van der Waals surface area (Å²) in [4.78, 5) is 12.3. The molecule has 0 heterocycles. The van der Waals surface area contributed by atoms with E-state index in [4.69, 9.17) is 14.2 Å². The van der Waals surface area contributed by atoms with Gasteiger partial charge in [0.25, 0.3) is 5.91 Å². The second-order valence-corrected chi connectivity index (χ2v) is 6.19. The molecule has 3 aromatic carbocycles. The molecule has 0 aliphatic rings. The van der Waals surface area contributed by atoms with Gasteiger partial charge in [-0.1, -0.05) is 30.3 Å². The van der Waals surface area contributed by atoms with E-state index in [2.05, 4.69) is 10.5 Å². The van der Waals surface area contributed by atoms with Gasteiger partial charge in [-0.2, -0.15) is 5.10 Å². The molecule has 1 N–H and O–H groups in total. The topological polar surface area (TPSA) is 69.2 Å². The molecule has 0 radical (unpaired) electrons. The number of hydrazone groups is 1. The van der Waals surface area contributed by atoms with E-state index in [1.54, 1.807) is 60.7 Å². The van der Waals surface area contributed by atoms with Crippen LogP contribution in [0.1, 0.15) is 21.5 Å². The number of amides is 1. The van der Waals surface area contributed by atoms with Gasteiger partial charge in [-0.05, 0) is 42.0 Å². The van der Waals surface area contributed by atoms with Crippen molar-refractivity contribution in [3.63, 3.8) is 0 Å². The molecule has 6 nitrogen and oxygen atoms in total. The number of methoxy groups -OCH3 is 2. The Morgan fingerprint density at radius 3 is 2.47 bits per heavy atom. The highest BCUT2D eigenvalue weighted by atomic mass is 19.1. The maximum atomic E-state index is 13.7. The molecule has 0 unspecified atom stereocenters. The lowest BCUT2D eigenvalue weighted by molar-refractivity contribution is 0.0952. The summed E-state index contributed by atoms with van der Waals surface area (Å²) in [5, 5.41) is 3.98. The average Bonchev–Trinajstić information content (AvgIpc) is 2.78. The monoisotopic (exact) mass is 408 g/mol. The third-order valence-corrected chi connectivity index (χ3v) is 4.26. The van der Waals surface area contributed by atoms with E-state index in [1.165, 1.54) is 26.5 Å². The van der Waals surface area contributed by atoms with Crippen molar-refractivity contribution in [2.24, 2.45) is 5.10 Å². The molecule has 0 saturated carbocycles. The summed E-state index contributed by atoms with van der Waals surface area (Å²) >= 11 is 0. The molecule has 0 atom stereocenters. The van der Waals surface area contributed by atoms with Crippen molar-refractivity contribution in [1.29, 1.82) is 0 Å². The minimum absolute atomic E-state index is 0.0748. The first-order valence-corrected chi connectivity index (χ1v) is 9.13. The van der Waals surface area contributed by atoms with Gasteiger partial charge in [-0.25, -0.2) is 9.82 Å². The summed E-state index contributed by atoms with van der Waals surface area (Å²) in [6.45, 7) is 0.0748. The lowest BCUT2D eigenvalue weighted by Crippen LogP contribution is -2.18. The number of nitrogens with one attached hydrogen (secondary N) is 1. The summed E-state index contributed by atoms with van der Waals surface area (Å²) < 4.78 is 29.9. The SMILES string of the molecule is COc1cc(/C=N/NC(=O)c2ccccc2OC)ccc1OCc1ccccc1F. The summed E-state index contributed by atoms with van der Waals surface area (Å²) in [7, 11) is 3.01. The zero-order valence-corrected chi connectivity index (χ0v) is 16.6. The van der Waals surface area contributed by atoms with Crippen molar-refractivity contribution < 1.29 is 23.4 Å². The number of halogens is 1. The fourth-order valence-corrected chi connectivity index (χ4v) is 2.71. The Morgan fingerprint density at radius 1 is 0.967 bits per heavy atom. The van der Waals surface area contributed by atoms with Gasteiger partial charge in [-0.15, -0.1) is 0 Å². The molecule has 3 aromatic rings. The Labute approximate surface area is 173 Å². The van der Waals surface area contributed by atoms with Gasteiger partial charge in [0.15, 0.2) is 11.5 Å². The molecule has 0 aliphatic heterocycles. The molecule has 154 valence electrons. The van der Waals surface area contributed by atoms with Crippen LogP contribution in [-0.4, -0.2) is 26.3 Å². The molecule has 3 rings (SSSR count). The Bertz CT molecular complexity index is 1050. The van der Waals surface area contributed by atoms with Crippen molar-refractivity contribution in [1.82, 2.24) is 5.43 Å². The highest BCUT2D eigenvalue weighted by Gasteiger charge is 2.10. The molecule has 0 aromatic heterocycles. The average molecular weight is 408 g/mol. The van der Waals surface area contributed by atoms with E-state index in [9.17, 15) is 9.18 Å². The molecule has 0 spiro atoms. The van der Waals surface area contributed by atoms with Crippen LogP contribution < -0.4 is 19.6 Å². The van der Waals surface area contributed by atoms with E-state index in [0.717, 1.165) is 0 Å². The summed E-state index contributed by atoms with van der Waals surface area (Å²) in [6, 6.07) is 18.4. The van der Waals surface area contributed by atoms with E-state index in [-0.39, 0.29) is 18.3 Å². The molecule has 7 heteroatoms. The largest absolute Gasteiger partial charge is 0.496 e. The number of para-hydroxylation sites is 1. The predicted octanol–water partition coefficient (Wildman–Crippen LogP) is 4.19. The van der Waals surface area contributed by atoms with Crippen molar-refractivity contribution in [3.05, 3.63) is 89.2 Å². The van der Waals surface area contributed by atoms with Gasteiger partial charge < -0.3 is 14.2 Å². The van der Waals surface area contributed by atoms with Gasteiger partial charge in [-0.3, -0.25) is 4.79 Å². The van der Waals surface area contributed by atoms with E-state index < -0.39 is 0 Å². The highest BCUT2D eigenvalue weighted by Crippen LogP contribution is 2.28. The number of hydrogen-bond acceptors (Lipinski definition) is 5. The van der Waals surface area contributed by atoms with Crippen molar-refractivity contribution in [2.75, 3.05) is 14.2 Å². The third-order valence-electron chi connectivity index (χ3n) is 4.26. The number of benzene rings is 3. The van der Waals surface area contributed by atoms with Gasteiger partial charge in [0.2, 0.25) is 0 Å². The Morgan fingerprint density at radius 2 is 1.70 bits per heavy atom. The first kappa shape index (κ1) is 20.9. The van der Waals surface area contributed by atoms with E-state index in [0.29, 0.717) is 33.9 Å². The summed E-state index contributed by atoms with van der Waals surface area (Å²) in [5.74, 6) is 0.678. The van der Waals surface area contributed by atoms with Crippen LogP contribution in [0.4, 0.5) is 4.39 Å². The second-order valence-electron chi connectivity index (χ2n) is 6.19. The third kappa shape index (κ3) is 5.14. The van der Waals surface area contributed by atoms with Crippen LogP contribution in [0.5, 0.6) is 17.2 Å². The maximum absolute atomic E-state index is 13.7. The molecule has 30 heavy (non-hydrogen) atoms. The zero-order chi connectivity index (χ0) is 21.3. The zero-order valence-electron chi connectivity index (χ0n) is 16.6. The van der Waals surface area contributed by atoms with Crippen LogP contribution in [0.15, 0.2) is 71.8 Å². The summed E-state index contributed by atoms with van der Waals surface area (Å²) in [5.41, 5.74) is 3.98. The quantitative estimate of drug-likeness (QED) is 0.448. The minimum atomic E-state index is -0.388. The molecular weight excluding hydrogens is 387 g/mol. The molecular formula is C23H21FN2O4. The van der Waals surface area contributed by atoms with E-state index in [1.807, 2.05) is 0 Å². The van der Waals surface area contributed by atoms with Crippen LogP contribution in [0.25, 0.3) is 0 Å². The van der Waals surface area contributed by atoms with Gasteiger partial charge in [0.05, 0.1) is 26.0 Å². The number of nitrogens with zero attached hydrogens (tertiary/aromatic N) is 1. The number of rotatable bonds is 8. The molecule has 0 saturated heterocycles. The molecule has 0 fully saturated rings. The number of carbonyl (C=O) groups is 1. The Hall–Kier alpha value is -3.87. The van der Waals surface area contributed by atoms with Crippen LogP contribution in [0, 0.1) is 5.82 Å². The van der Waals surface area contributed by atoms with Gasteiger partial charge in [0, 0.05) is 5.56 Å². The van der Waals surface area contributed by atoms with Crippen molar-refractivity contribution in [2.45, 2.75) is 6.61 Å². The lowest BCUT2D eigenvalue weighted by atomic mass is 10.2. The van der Waals surface area contributed by atoms with Crippen molar-refractivity contribution >= 4 is 12.1 Å². The standard InChI is InChI=1S/C23H21FN2O4/c1-28-20-10-6-4-8-18(20)23(27)26-25-14-16-11-12-21(22(13-16)29-2)30-15-17-7-3-5-9-19(17)24/h3-14H,15H2,1-2H3,(H,26,27)/b25-14+. The Balaban J connectivity index is 1.65. The minimum Gasteiger partial charge on any atom is -0.496 e. The number of carbonyl (C=O) groups excluding carboxylic acids is 1. The fraction of sp³-hybridized carbons (Fsp3) is 0.130. The van der Waals surface area contributed by atoms with Crippen LogP contribution in [0.3, 0.4) is 0 Å². The van der Waals surface area contributed by atoms with Crippen LogP contribution in [0.2, 0.25) is 0 Å². The highest BCUT2D eigenvalue weighted by molar-refractivity contribution is 5.97. The molecule has 1 amide bonds. The van der Waals surface area contributed by atoms with Crippen LogP contribution >= 0.6 is 0 Å². The second kappa shape index (κ2) is 10.1. The smallest absolute Gasteiger partial charge is 0.275 e. The summed E-state index contributed by atoms with van der Waals surface area (Å²) in [6.07, 6.45) is 1.48. The normalized spacial score (nSPS) is 10.6. The maximum Gasteiger partial charge on any atom is 0.275 e. The first-order chi connectivity index (χ1) is 14.6. The van der Waals surface area contributed by atoms with Crippen molar-refractivity contribution in [3.8, 4) is 17.2 Å². The Kier molecular flexibility index (Phi) is 7.00. The predicted molar refractivity (Wildman–Crippen MR) is 112 cm³/mol. The first-order valence-electron chi connectivity index (χ1n) is 9.13. The molecule has 0 aliphatic carbocycles. The van der Waals surface area contributed by atoms with Crippen LogP contribution in [-0.2, 0) is 6.61 Å². The van der Waals surface area contributed by atoms with Gasteiger partial charge >= 0.3 is 0 Å².